The predicted octanol–water partition coefficient (Wildman–Crippen LogP) is 1.04. The SMILES string of the molecule is CC(C)NCCC(=O)NCC1CCC(O)CC1. The van der Waals surface area contributed by atoms with Gasteiger partial charge in [0, 0.05) is 25.6 Å². The number of aliphatic hydroxyl groups excluding tert-OH is 1. The summed E-state index contributed by atoms with van der Waals surface area (Å²) >= 11 is 0. The molecule has 1 rings (SSSR count). The Morgan fingerprint density at radius 2 is 1.94 bits per heavy atom. The molecule has 0 atom stereocenters. The van der Waals surface area contributed by atoms with Crippen molar-refractivity contribution in [2.24, 2.45) is 5.92 Å². The van der Waals surface area contributed by atoms with Crippen molar-refractivity contribution in [3.05, 3.63) is 0 Å². The van der Waals surface area contributed by atoms with Gasteiger partial charge in [0.05, 0.1) is 6.10 Å². The van der Waals surface area contributed by atoms with Crippen LogP contribution in [0.1, 0.15) is 46.0 Å². The molecule has 0 aromatic carbocycles. The molecule has 0 radical (unpaired) electrons. The first kappa shape index (κ1) is 14.5. The lowest BCUT2D eigenvalue weighted by Crippen LogP contribution is -2.34. The minimum atomic E-state index is -0.114. The smallest absolute Gasteiger partial charge is 0.221 e. The maximum atomic E-state index is 11.5. The molecule has 1 aliphatic carbocycles. The van der Waals surface area contributed by atoms with E-state index in [0.717, 1.165) is 38.8 Å². The summed E-state index contributed by atoms with van der Waals surface area (Å²) in [6.45, 7) is 5.66. The highest BCUT2D eigenvalue weighted by Gasteiger charge is 2.19. The molecule has 1 amide bonds. The molecular weight excluding hydrogens is 216 g/mol. The van der Waals surface area contributed by atoms with E-state index in [1.165, 1.54) is 0 Å². The van der Waals surface area contributed by atoms with Crippen LogP contribution in [-0.2, 0) is 4.79 Å². The number of rotatable bonds is 6. The lowest BCUT2D eigenvalue weighted by atomic mass is 9.87. The summed E-state index contributed by atoms with van der Waals surface area (Å²) < 4.78 is 0. The molecule has 1 saturated carbocycles. The number of hydrogen-bond acceptors (Lipinski definition) is 3. The molecule has 1 fully saturated rings. The Morgan fingerprint density at radius 3 is 2.53 bits per heavy atom. The molecule has 0 heterocycles. The van der Waals surface area contributed by atoms with E-state index < -0.39 is 0 Å². The molecule has 0 unspecified atom stereocenters. The number of hydrogen-bond donors (Lipinski definition) is 3. The van der Waals surface area contributed by atoms with Gasteiger partial charge in [0.15, 0.2) is 0 Å². The third kappa shape index (κ3) is 6.64. The van der Waals surface area contributed by atoms with E-state index in [2.05, 4.69) is 24.5 Å². The van der Waals surface area contributed by atoms with Crippen molar-refractivity contribution in [1.29, 1.82) is 0 Å². The van der Waals surface area contributed by atoms with Gasteiger partial charge in [-0.1, -0.05) is 13.8 Å². The van der Waals surface area contributed by atoms with Crippen LogP contribution in [-0.4, -0.2) is 36.2 Å². The Hall–Kier alpha value is -0.610. The Morgan fingerprint density at radius 1 is 1.29 bits per heavy atom. The fraction of sp³-hybridized carbons (Fsp3) is 0.923. The summed E-state index contributed by atoms with van der Waals surface area (Å²) in [6, 6.07) is 0.433. The van der Waals surface area contributed by atoms with Crippen molar-refractivity contribution >= 4 is 5.91 Å². The summed E-state index contributed by atoms with van der Waals surface area (Å²) in [7, 11) is 0. The third-order valence-corrected chi connectivity index (χ3v) is 3.31. The standard InChI is InChI=1S/C13H26N2O2/c1-10(2)14-8-7-13(17)15-9-11-3-5-12(16)6-4-11/h10-12,14,16H,3-9H2,1-2H3,(H,15,17). The fourth-order valence-corrected chi connectivity index (χ4v) is 2.17. The van der Waals surface area contributed by atoms with Gasteiger partial charge in [0.25, 0.3) is 0 Å². The van der Waals surface area contributed by atoms with Gasteiger partial charge in [-0.05, 0) is 31.6 Å². The first-order chi connectivity index (χ1) is 8.08. The van der Waals surface area contributed by atoms with E-state index in [-0.39, 0.29) is 12.0 Å². The van der Waals surface area contributed by atoms with Crippen molar-refractivity contribution in [2.75, 3.05) is 13.1 Å². The fourth-order valence-electron chi connectivity index (χ4n) is 2.17. The Labute approximate surface area is 104 Å². The summed E-state index contributed by atoms with van der Waals surface area (Å²) in [4.78, 5) is 11.5. The average Bonchev–Trinajstić information content (AvgIpc) is 2.28. The van der Waals surface area contributed by atoms with Crippen LogP contribution in [0.2, 0.25) is 0 Å². The van der Waals surface area contributed by atoms with Gasteiger partial charge in [-0.3, -0.25) is 4.79 Å². The molecule has 0 bridgehead atoms. The summed E-state index contributed by atoms with van der Waals surface area (Å²) in [5.41, 5.74) is 0. The monoisotopic (exact) mass is 242 g/mol. The number of carbonyl (C=O) groups excluding carboxylic acids is 1. The van der Waals surface area contributed by atoms with E-state index in [4.69, 9.17) is 0 Å². The summed E-state index contributed by atoms with van der Waals surface area (Å²) in [5.74, 6) is 0.685. The van der Waals surface area contributed by atoms with Gasteiger partial charge in [-0.25, -0.2) is 0 Å². The Bertz CT molecular complexity index is 223. The molecule has 0 aromatic rings. The zero-order valence-electron chi connectivity index (χ0n) is 11.0. The lowest BCUT2D eigenvalue weighted by molar-refractivity contribution is -0.121. The van der Waals surface area contributed by atoms with Gasteiger partial charge in [-0.15, -0.1) is 0 Å². The second-order valence-electron chi connectivity index (χ2n) is 5.34. The van der Waals surface area contributed by atoms with Crippen LogP contribution >= 0.6 is 0 Å². The predicted molar refractivity (Wildman–Crippen MR) is 68.7 cm³/mol. The first-order valence-electron chi connectivity index (χ1n) is 6.76. The molecule has 0 aromatic heterocycles. The van der Waals surface area contributed by atoms with E-state index in [0.29, 0.717) is 18.4 Å². The third-order valence-electron chi connectivity index (χ3n) is 3.31. The second kappa shape index (κ2) is 7.67. The molecule has 0 saturated heterocycles. The van der Waals surface area contributed by atoms with E-state index in [9.17, 15) is 9.90 Å². The summed E-state index contributed by atoms with van der Waals surface area (Å²) in [6.07, 6.45) is 4.27. The molecule has 4 heteroatoms. The Balaban J connectivity index is 2.03. The average molecular weight is 242 g/mol. The lowest BCUT2D eigenvalue weighted by Gasteiger charge is -2.25. The van der Waals surface area contributed by atoms with E-state index in [1.807, 2.05) is 0 Å². The first-order valence-corrected chi connectivity index (χ1v) is 6.76. The van der Waals surface area contributed by atoms with Gasteiger partial charge >= 0.3 is 0 Å². The van der Waals surface area contributed by atoms with Crippen LogP contribution in [0.3, 0.4) is 0 Å². The number of amides is 1. The zero-order chi connectivity index (χ0) is 12.7. The molecule has 17 heavy (non-hydrogen) atoms. The molecular formula is C13H26N2O2. The van der Waals surface area contributed by atoms with E-state index >= 15 is 0 Å². The molecule has 100 valence electrons. The number of aliphatic hydroxyl groups is 1. The van der Waals surface area contributed by atoms with Crippen molar-refractivity contribution in [3.8, 4) is 0 Å². The van der Waals surface area contributed by atoms with Crippen molar-refractivity contribution in [1.82, 2.24) is 10.6 Å². The normalized spacial score (nSPS) is 24.9. The number of carbonyl (C=O) groups is 1. The largest absolute Gasteiger partial charge is 0.393 e. The van der Waals surface area contributed by atoms with Gasteiger partial charge < -0.3 is 15.7 Å². The van der Waals surface area contributed by atoms with Gasteiger partial charge in [0.2, 0.25) is 5.91 Å². The Kier molecular flexibility index (Phi) is 6.52. The minimum Gasteiger partial charge on any atom is -0.393 e. The van der Waals surface area contributed by atoms with Crippen molar-refractivity contribution in [2.45, 2.75) is 58.1 Å². The van der Waals surface area contributed by atoms with Crippen LogP contribution in [0.5, 0.6) is 0 Å². The molecule has 4 nitrogen and oxygen atoms in total. The highest BCUT2D eigenvalue weighted by atomic mass is 16.3. The van der Waals surface area contributed by atoms with Crippen molar-refractivity contribution < 1.29 is 9.90 Å². The number of nitrogens with one attached hydrogen (secondary N) is 2. The minimum absolute atomic E-state index is 0.114. The molecule has 3 N–H and O–H groups in total. The van der Waals surface area contributed by atoms with Crippen LogP contribution in [0.4, 0.5) is 0 Å². The summed E-state index contributed by atoms with van der Waals surface area (Å²) in [5, 5.41) is 15.6. The molecule has 0 spiro atoms. The van der Waals surface area contributed by atoms with Gasteiger partial charge in [0.1, 0.15) is 0 Å². The van der Waals surface area contributed by atoms with Crippen LogP contribution in [0, 0.1) is 5.92 Å². The highest BCUT2D eigenvalue weighted by molar-refractivity contribution is 5.76. The zero-order valence-corrected chi connectivity index (χ0v) is 11.0. The maximum absolute atomic E-state index is 11.5. The van der Waals surface area contributed by atoms with Crippen molar-refractivity contribution in [3.63, 3.8) is 0 Å². The van der Waals surface area contributed by atoms with Crippen LogP contribution < -0.4 is 10.6 Å². The molecule has 0 aliphatic heterocycles. The second-order valence-corrected chi connectivity index (χ2v) is 5.34. The van der Waals surface area contributed by atoms with Crippen LogP contribution in [0.25, 0.3) is 0 Å². The highest BCUT2D eigenvalue weighted by Crippen LogP contribution is 2.23. The van der Waals surface area contributed by atoms with Crippen LogP contribution in [0.15, 0.2) is 0 Å². The quantitative estimate of drug-likeness (QED) is 0.652. The molecule has 1 aliphatic rings. The van der Waals surface area contributed by atoms with E-state index in [1.54, 1.807) is 0 Å². The maximum Gasteiger partial charge on any atom is 0.221 e. The topological polar surface area (TPSA) is 61.4 Å². The van der Waals surface area contributed by atoms with Gasteiger partial charge in [-0.2, -0.15) is 0 Å².